The molecule has 1 aliphatic rings. The number of aliphatic hydroxyl groups is 1. The first-order chi connectivity index (χ1) is 19.4. The van der Waals surface area contributed by atoms with Gasteiger partial charge >= 0.3 is 6.18 Å². The molecule has 1 saturated heterocycles. The van der Waals surface area contributed by atoms with Crippen LogP contribution in [0.4, 0.5) is 29.1 Å². The van der Waals surface area contributed by atoms with Crippen LogP contribution in [0.2, 0.25) is 5.02 Å². The van der Waals surface area contributed by atoms with Gasteiger partial charge in [0.2, 0.25) is 6.23 Å². The van der Waals surface area contributed by atoms with E-state index in [1.807, 2.05) is 6.26 Å². The highest BCUT2D eigenvalue weighted by atomic mass is 35.5. The molecule has 3 aromatic rings. The summed E-state index contributed by atoms with van der Waals surface area (Å²) in [6, 6.07) is 11.1. The third-order valence-corrected chi connectivity index (χ3v) is 7.23. The lowest BCUT2D eigenvalue weighted by Crippen LogP contribution is -2.50. The van der Waals surface area contributed by atoms with Gasteiger partial charge in [0.05, 0.1) is 21.8 Å². The van der Waals surface area contributed by atoms with Crippen molar-refractivity contribution in [2.75, 3.05) is 30.0 Å². The molecule has 8 nitrogen and oxygen atoms in total. The molecule has 1 aromatic heterocycles. The van der Waals surface area contributed by atoms with Gasteiger partial charge in [0.1, 0.15) is 23.5 Å². The van der Waals surface area contributed by atoms with Gasteiger partial charge in [-0.05, 0) is 67.6 Å². The van der Waals surface area contributed by atoms with E-state index in [9.17, 15) is 32.3 Å². The standard InChI is InChI=1S/C27H25ClF4N4O4S/c1-41-18-4-5-19(22(13-18)40-17-8-10-36(11-9-17)26(39)27(30,31)32)24(37)34-21-6-3-16(29)12-20(21)25(38)35-23-7-2-15(28)14-33-23/h2-7,12-14,17,26,39H,8-11H2,1H3,(H,34,37)(H,33,35,38). The monoisotopic (exact) mass is 612 g/mol. The van der Waals surface area contributed by atoms with Crippen LogP contribution >= 0.6 is 23.4 Å². The van der Waals surface area contributed by atoms with Crippen molar-refractivity contribution < 1.29 is 37.0 Å². The van der Waals surface area contributed by atoms with Crippen LogP contribution in [-0.2, 0) is 0 Å². The lowest BCUT2D eigenvalue weighted by Gasteiger charge is -2.35. The second-order valence-electron chi connectivity index (χ2n) is 9.09. The number of amides is 2. The number of nitrogens with zero attached hydrogens (tertiary/aromatic N) is 2. The molecule has 1 fully saturated rings. The number of piperidine rings is 1. The third kappa shape index (κ3) is 7.88. The molecule has 0 aliphatic carbocycles. The Kier molecular flexibility index (Phi) is 9.74. The predicted octanol–water partition coefficient (Wildman–Crippen LogP) is 5.82. The fourth-order valence-electron chi connectivity index (χ4n) is 4.18. The molecule has 0 bridgehead atoms. The van der Waals surface area contributed by atoms with Gasteiger partial charge in [-0.15, -0.1) is 11.8 Å². The van der Waals surface area contributed by atoms with Crippen molar-refractivity contribution in [1.29, 1.82) is 0 Å². The van der Waals surface area contributed by atoms with Gasteiger partial charge in [-0.1, -0.05) is 11.6 Å². The van der Waals surface area contributed by atoms with Crippen molar-refractivity contribution in [3.63, 3.8) is 0 Å². The van der Waals surface area contributed by atoms with Gasteiger partial charge in [0, 0.05) is 24.2 Å². The van der Waals surface area contributed by atoms with Crippen LogP contribution in [0.15, 0.2) is 59.6 Å². The summed E-state index contributed by atoms with van der Waals surface area (Å²) in [6.45, 7) is -0.1000. The van der Waals surface area contributed by atoms with E-state index in [0.717, 1.165) is 21.9 Å². The molecule has 1 aliphatic heterocycles. The number of nitrogens with one attached hydrogen (secondary N) is 2. The third-order valence-electron chi connectivity index (χ3n) is 6.29. The average molecular weight is 613 g/mol. The molecule has 2 amide bonds. The van der Waals surface area contributed by atoms with E-state index in [0.29, 0.717) is 5.02 Å². The quantitative estimate of drug-likeness (QED) is 0.217. The lowest BCUT2D eigenvalue weighted by atomic mass is 10.1. The van der Waals surface area contributed by atoms with Gasteiger partial charge in [-0.2, -0.15) is 13.2 Å². The summed E-state index contributed by atoms with van der Waals surface area (Å²) in [6.07, 6.45) is -4.27. The van der Waals surface area contributed by atoms with Crippen LogP contribution < -0.4 is 15.4 Å². The fraction of sp³-hybridized carbons (Fsp3) is 0.296. The van der Waals surface area contributed by atoms with Crippen LogP contribution in [0.25, 0.3) is 0 Å². The van der Waals surface area contributed by atoms with Gasteiger partial charge in [0.25, 0.3) is 11.8 Å². The molecule has 218 valence electrons. The number of aliphatic hydroxyl groups excluding tert-OH is 1. The van der Waals surface area contributed by atoms with Crippen LogP contribution in [0.1, 0.15) is 33.6 Å². The molecule has 1 atom stereocenters. The Bertz CT molecular complexity index is 1400. The molecular formula is C27H25ClF4N4O4S. The molecule has 4 rings (SSSR count). The number of benzene rings is 2. The molecule has 0 saturated carbocycles. The topological polar surface area (TPSA) is 104 Å². The maximum absolute atomic E-state index is 14.1. The highest BCUT2D eigenvalue weighted by Crippen LogP contribution is 2.31. The molecule has 14 heteroatoms. The molecular weight excluding hydrogens is 588 g/mol. The zero-order valence-electron chi connectivity index (χ0n) is 21.5. The van der Waals surface area contributed by atoms with Crippen molar-refractivity contribution in [2.24, 2.45) is 0 Å². The maximum atomic E-state index is 14.1. The number of carbonyl (C=O) groups is 2. The molecule has 3 N–H and O–H groups in total. The SMILES string of the molecule is CSc1ccc(C(=O)Nc2ccc(F)cc2C(=O)Nc2ccc(Cl)cn2)c(OC2CCN(C(O)C(F)(F)F)CC2)c1. The van der Waals surface area contributed by atoms with Crippen LogP contribution in [0.3, 0.4) is 0 Å². The van der Waals surface area contributed by atoms with E-state index in [2.05, 4.69) is 15.6 Å². The second kappa shape index (κ2) is 13.1. The number of aromatic nitrogens is 1. The summed E-state index contributed by atoms with van der Waals surface area (Å²) in [4.78, 5) is 32.0. The Hall–Kier alpha value is -3.39. The summed E-state index contributed by atoms with van der Waals surface area (Å²) in [5.74, 6) is -1.72. The van der Waals surface area contributed by atoms with E-state index >= 15 is 0 Å². The number of pyridine rings is 1. The number of alkyl halides is 3. The first-order valence-corrected chi connectivity index (χ1v) is 13.9. The Balaban J connectivity index is 1.51. The molecule has 2 heterocycles. The van der Waals surface area contributed by atoms with E-state index < -0.39 is 36.1 Å². The Morgan fingerprint density at radius 2 is 1.78 bits per heavy atom. The number of ether oxygens (including phenoxy) is 1. The summed E-state index contributed by atoms with van der Waals surface area (Å²) in [7, 11) is 0. The van der Waals surface area contributed by atoms with E-state index in [-0.39, 0.29) is 54.3 Å². The first kappa shape index (κ1) is 30.6. The zero-order valence-corrected chi connectivity index (χ0v) is 23.1. The number of carbonyl (C=O) groups excluding carboxylic acids is 2. The molecule has 0 radical (unpaired) electrons. The highest BCUT2D eigenvalue weighted by Gasteiger charge is 2.43. The minimum Gasteiger partial charge on any atom is -0.489 e. The maximum Gasteiger partial charge on any atom is 0.428 e. The average Bonchev–Trinajstić information content (AvgIpc) is 2.94. The number of hydrogen-bond donors (Lipinski definition) is 3. The van der Waals surface area contributed by atoms with Crippen LogP contribution in [0.5, 0.6) is 5.75 Å². The van der Waals surface area contributed by atoms with Crippen molar-refractivity contribution in [2.45, 2.75) is 36.2 Å². The Morgan fingerprint density at radius 3 is 2.41 bits per heavy atom. The van der Waals surface area contributed by atoms with Crippen molar-refractivity contribution in [1.82, 2.24) is 9.88 Å². The van der Waals surface area contributed by atoms with Gasteiger partial charge in [-0.25, -0.2) is 9.37 Å². The summed E-state index contributed by atoms with van der Waals surface area (Å²) < 4.78 is 58.8. The molecule has 0 spiro atoms. The largest absolute Gasteiger partial charge is 0.489 e. The predicted molar refractivity (Wildman–Crippen MR) is 147 cm³/mol. The zero-order chi connectivity index (χ0) is 29.7. The highest BCUT2D eigenvalue weighted by molar-refractivity contribution is 7.98. The van der Waals surface area contributed by atoms with Gasteiger partial charge < -0.3 is 20.5 Å². The van der Waals surface area contributed by atoms with Crippen LogP contribution in [-0.4, -0.2) is 64.7 Å². The normalized spacial score (nSPS) is 15.3. The second-order valence-corrected chi connectivity index (χ2v) is 10.4. The van der Waals surface area contributed by atoms with E-state index in [1.54, 1.807) is 12.1 Å². The molecule has 2 aromatic carbocycles. The number of thioether (sulfide) groups is 1. The molecule has 1 unspecified atom stereocenters. The molecule has 41 heavy (non-hydrogen) atoms. The number of halogens is 5. The summed E-state index contributed by atoms with van der Waals surface area (Å²) >= 11 is 7.22. The Labute approximate surface area is 242 Å². The number of likely N-dealkylation sites (tertiary alicyclic amines) is 1. The van der Waals surface area contributed by atoms with Gasteiger partial charge in [0.15, 0.2) is 0 Å². The van der Waals surface area contributed by atoms with Crippen LogP contribution in [0, 0.1) is 5.82 Å². The van der Waals surface area contributed by atoms with E-state index in [4.69, 9.17) is 16.3 Å². The lowest BCUT2D eigenvalue weighted by molar-refractivity contribution is -0.253. The fourth-order valence-corrected chi connectivity index (χ4v) is 4.72. The number of anilines is 2. The number of hydrogen-bond acceptors (Lipinski definition) is 7. The minimum absolute atomic E-state index is 0.0252. The first-order valence-electron chi connectivity index (χ1n) is 12.3. The summed E-state index contributed by atoms with van der Waals surface area (Å²) in [5, 5.41) is 15.0. The Morgan fingerprint density at radius 1 is 1.07 bits per heavy atom. The van der Waals surface area contributed by atoms with Crippen molar-refractivity contribution in [3.8, 4) is 5.75 Å². The van der Waals surface area contributed by atoms with Gasteiger partial charge in [-0.3, -0.25) is 14.5 Å². The smallest absolute Gasteiger partial charge is 0.428 e. The van der Waals surface area contributed by atoms with Crippen molar-refractivity contribution >= 4 is 46.7 Å². The van der Waals surface area contributed by atoms with E-state index in [1.165, 1.54) is 42.2 Å². The number of rotatable bonds is 8. The minimum atomic E-state index is -4.76. The van der Waals surface area contributed by atoms with Crippen molar-refractivity contribution in [3.05, 3.63) is 76.7 Å². The summed E-state index contributed by atoms with van der Waals surface area (Å²) in [5.41, 5.74) is -0.0262.